The SMILES string of the molecule is CC[C@@H](C(=O)NC(C)(C)C)N(Cc1ccc(C)cc1)C(=O)CCc1ccccc1Cl. The highest BCUT2D eigenvalue weighted by molar-refractivity contribution is 6.31. The normalized spacial score (nSPS) is 12.3. The number of rotatable bonds is 8. The van der Waals surface area contributed by atoms with Gasteiger partial charge >= 0.3 is 0 Å². The summed E-state index contributed by atoms with van der Waals surface area (Å²) in [5.41, 5.74) is 2.75. The Morgan fingerprint density at radius 3 is 2.27 bits per heavy atom. The fraction of sp³-hybridized carbons (Fsp3) is 0.440. The van der Waals surface area contributed by atoms with E-state index < -0.39 is 6.04 Å². The van der Waals surface area contributed by atoms with E-state index in [1.165, 1.54) is 0 Å². The number of nitrogens with zero attached hydrogens (tertiary/aromatic N) is 1. The largest absolute Gasteiger partial charge is 0.350 e. The number of hydrogen-bond acceptors (Lipinski definition) is 2. The summed E-state index contributed by atoms with van der Waals surface area (Å²) in [5, 5.41) is 3.69. The molecule has 0 aromatic heterocycles. The van der Waals surface area contributed by atoms with Gasteiger partial charge in [0, 0.05) is 23.5 Å². The fourth-order valence-corrected chi connectivity index (χ4v) is 3.58. The average molecular weight is 429 g/mol. The van der Waals surface area contributed by atoms with E-state index in [4.69, 9.17) is 11.6 Å². The lowest BCUT2D eigenvalue weighted by atomic mass is 10.0. The van der Waals surface area contributed by atoms with Crippen molar-refractivity contribution in [3.05, 3.63) is 70.2 Å². The first kappa shape index (κ1) is 23.9. The van der Waals surface area contributed by atoms with E-state index in [-0.39, 0.29) is 17.4 Å². The van der Waals surface area contributed by atoms with Crippen molar-refractivity contribution in [2.45, 2.75) is 72.0 Å². The average Bonchev–Trinajstić information content (AvgIpc) is 2.67. The number of benzene rings is 2. The molecular formula is C25H33ClN2O2. The number of carbonyl (C=O) groups excluding carboxylic acids is 2. The first-order valence-electron chi connectivity index (χ1n) is 10.5. The van der Waals surface area contributed by atoms with Crippen LogP contribution in [0.1, 0.15) is 57.2 Å². The van der Waals surface area contributed by atoms with Gasteiger partial charge in [-0.05, 0) is 57.7 Å². The Morgan fingerprint density at radius 1 is 1.07 bits per heavy atom. The van der Waals surface area contributed by atoms with Crippen molar-refractivity contribution < 1.29 is 9.59 Å². The van der Waals surface area contributed by atoms with Gasteiger partial charge in [0.05, 0.1) is 0 Å². The molecule has 0 saturated heterocycles. The minimum atomic E-state index is -0.524. The number of aryl methyl sites for hydroxylation is 2. The summed E-state index contributed by atoms with van der Waals surface area (Å²) in [6.45, 7) is 10.2. The molecule has 0 aliphatic heterocycles. The minimum Gasteiger partial charge on any atom is -0.350 e. The third-order valence-corrected chi connectivity index (χ3v) is 5.29. The second kappa shape index (κ2) is 10.6. The zero-order valence-corrected chi connectivity index (χ0v) is 19.4. The van der Waals surface area contributed by atoms with E-state index in [1.807, 2.05) is 83.1 Å². The molecule has 5 heteroatoms. The first-order chi connectivity index (χ1) is 14.1. The standard InChI is InChI=1S/C25H33ClN2O2/c1-6-22(24(30)27-25(3,4)5)28(17-19-13-11-18(2)12-14-19)23(29)16-15-20-9-7-8-10-21(20)26/h7-14,22H,6,15-17H2,1-5H3,(H,27,30)/t22-/m0/s1. The van der Waals surface area contributed by atoms with Gasteiger partial charge in [-0.2, -0.15) is 0 Å². The van der Waals surface area contributed by atoms with Gasteiger partial charge in [0.25, 0.3) is 0 Å². The van der Waals surface area contributed by atoms with Crippen molar-refractivity contribution in [2.75, 3.05) is 0 Å². The molecule has 0 fully saturated rings. The van der Waals surface area contributed by atoms with Crippen LogP contribution < -0.4 is 5.32 Å². The highest BCUT2D eigenvalue weighted by atomic mass is 35.5. The maximum absolute atomic E-state index is 13.3. The van der Waals surface area contributed by atoms with E-state index in [9.17, 15) is 9.59 Å². The van der Waals surface area contributed by atoms with E-state index in [0.29, 0.717) is 30.8 Å². The predicted molar refractivity (Wildman–Crippen MR) is 123 cm³/mol. The number of halogens is 1. The maximum Gasteiger partial charge on any atom is 0.243 e. The number of carbonyl (C=O) groups is 2. The summed E-state index contributed by atoms with van der Waals surface area (Å²) in [6.07, 6.45) is 1.39. The smallest absolute Gasteiger partial charge is 0.243 e. The third kappa shape index (κ3) is 7.17. The Morgan fingerprint density at radius 2 is 1.70 bits per heavy atom. The van der Waals surface area contributed by atoms with Gasteiger partial charge in [-0.3, -0.25) is 9.59 Å². The molecule has 2 amide bonds. The quantitative estimate of drug-likeness (QED) is 0.619. The molecule has 162 valence electrons. The van der Waals surface area contributed by atoms with Gasteiger partial charge in [0.1, 0.15) is 6.04 Å². The zero-order chi connectivity index (χ0) is 22.3. The predicted octanol–water partition coefficient (Wildman–Crippen LogP) is 5.30. The van der Waals surface area contributed by atoms with Crippen LogP contribution in [0, 0.1) is 6.92 Å². The van der Waals surface area contributed by atoms with Crippen LogP contribution >= 0.6 is 11.6 Å². The number of nitrogens with one attached hydrogen (secondary N) is 1. The Bertz CT molecular complexity index is 856. The molecular weight excluding hydrogens is 396 g/mol. The van der Waals surface area contributed by atoms with Crippen LogP contribution in [0.4, 0.5) is 0 Å². The molecule has 2 rings (SSSR count). The summed E-state index contributed by atoms with van der Waals surface area (Å²) in [4.78, 5) is 28.0. The Kier molecular flexibility index (Phi) is 8.48. The molecule has 2 aromatic carbocycles. The molecule has 0 bridgehead atoms. The van der Waals surface area contributed by atoms with Gasteiger partial charge in [-0.15, -0.1) is 0 Å². The van der Waals surface area contributed by atoms with E-state index in [0.717, 1.165) is 16.7 Å². The highest BCUT2D eigenvalue weighted by Gasteiger charge is 2.30. The molecule has 0 saturated carbocycles. The topological polar surface area (TPSA) is 49.4 Å². The van der Waals surface area contributed by atoms with Crippen molar-refractivity contribution in [3.63, 3.8) is 0 Å². The second-order valence-corrected chi connectivity index (χ2v) is 9.17. The molecule has 4 nitrogen and oxygen atoms in total. The van der Waals surface area contributed by atoms with Crippen LogP contribution in [-0.2, 0) is 22.6 Å². The van der Waals surface area contributed by atoms with Gasteiger partial charge in [-0.25, -0.2) is 0 Å². The Hall–Kier alpha value is -2.33. The molecule has 1 atom stereocenters. The summed E-state index contributed by atoms with van der Waals surface area (Å²) < 4.78 is 0. The highest BCUT2D eigenvalue weighted by Crippen LogP contribution is 2.20. The van der Waals surface area contributed by atoms with Gasteiger partial charge in [-0.1, -0.05) is 66.6 Å². The number of hydrogen-bond donors (Lipinski definition) is 1. The number of amides is 2. The summed E-state index contributed by atoms with van der Waals surface area (Å²) >= 11 is 6.26. The van der Waals surface area contributed by atoms with E-state index >= 15 is 0 Å². The fourth-order valence-electron chi connectivity index (χ4n) is 3.35. The van der Waals surface area contributed by atoms with Gasteiger partial charge in [0.2, 0.25) is 11.8 Å². The minimum absolute atomic E-state index is 0.0496. The van der Waals surface area contributed by atoms with Crippen molar-refractivity contribution in [1.29, 1.82) is 0 Å². The summed E-state index contributed by atoms with van der Waals surface area (Å²) in [7, 11) is 0. The monoisotopic (exact) mass is 428 g/mol. The molecule has 0 spiro atoms. The molecule has 0 radical (unpaired) electrons. The van der Waals surface area contributed by atoms with Gasteiger partial charge < -0.3 is 10.2 Å². The lowest BCUT2D eigenvalue weighted by Crippen LogP contribution is -2.53. The Labute approximate surface area is 185 Å². The van der Waals surface area contributed by atoms with Crippen LogP contribution in [0.3, 0.4) is 0 Å². The lowest BCUT2D eigenvalue weighted by Gasteiger charge is -2.33. The van der Waals surface area contributed by atoms with Crippen LogP contribution in [-0.4, -0.2) is 28.3 Å². The van der Waals surface area contributed by atoms with Crippen LogP contribution in [0.25, 0.3) is 0 Å². The molecule has 0 heterocycles. The van der Waals surface area contributed by atoms with E-state index in [2.05, 4.69) is 5.32 Å². The summed E-state index contributed by atoms with van der Waals surface area (Å²) in [6, 6.07) is 15.1. The zero-order valence-electron chi connectivity index (χ0n) is 18.7. The van der Waals surface area contributed by atoms with Crippen LogP contribution in [0.15, 0.2) is 48.5 Å². The van der Waals surface area contributed by atoms with Crippen molar-refractivity contribution >= 4 is 23.4 Å². The maximum atomic E-state index is 13.3. The lowest BCUT2D eigenvalue weighted by molar-refractivity contribution is -0.142. The molecule has 30 heavy (non-hydrogen) atoms. The molecule has 1 N–H and O–H groups in total. The van der Waals surface area contributed by atoms with Crippen LogP contribution in [0.5, 0.6) is 0 Å². The molecule has 0 aliphatic carbocycles. The third-order valence-electron chi connectivity index (χ3n) is 4.92. The molecule has 2 aromatic rings. The van der Waals surface area contributed by atoms with Crippen molar-refractivity contribution in [3.8, 4) is 0 Å². The van der Waals surface area contributed by atoms with Crippen molar-refractivity contribution in [1.82, 2.24) is 10.2 Å². The molecule has 0 aliphatic rings. The van der Waals surface area contributed by atoms with Crippen molar-refractivity contribution in [2.24, 2.45) is 0 Å². The van der Waals surface area contributed by atoms with E-state index in [1.54, 1.807) is 4.90 Å². The Balaban J connectivity index is 2.24. The first-order valence-corrected chi connectivity index (χ1v) is 10.9. The molecule has 0 unspecified atom stereocenters. The second-order valence-electron chi connectivity index (χ2n) is 8.76. The summed E-state index contributed by atoms with van der Waals surface area (Å²) in [5.74, 6) is -0.172. The van der Waals surface area contributed by atoms with Crippen LogP contribution in [0.2, 0.25) is 5.02 Å². The van der Waals surface area contributed by atoms with Gasteiger partial charge in [0.15, 0.2) is 0 Å².